The second-order valence-electron chi connectivity index (χ2n) is 5.22. The third-order valence-electron chi connectivity index (χ3n) is 3.39. The van der Waals surface area contributed by atoms with Crippen LogP contribution in [0.15, 0.2) is 0 Å². The number of hydrogen-bond acceptors (Lipinski definition) is 3. The summed E-state index contributed by atoms with van der Waals surface area (Å²) in [6.07, 6.45) is 2.22. The largest absolute Gasteiger partial charge is 0.381 e. The SMILES string of the molecule is CCOCC1CCCN(C(=O)[C@@H](N)C(C)C)C1. The van der Waals surface area contributed by atoms with Gasteiger partial charge in [-0.05, 0) is 31.6 Å². The number of piperidine rings is 1. The summed E-state index contributed by atoms with van der Waals surface area (Å²) < 4.78 is 5.44. The van der Waals surface area contributed by atoms with Gasteiger partial charge in [0.1, 0.15) is 0 Å². The third-order valence-corrected chi connectivity index (χ3v) is 3.39. The average molecular weight is 242 g/mol. The average Bonchev–Trinajstić information content (AvgIpc) is 2.34. The fraction of sp³-hybridized carbons (Fsp3) is 0.923. The van der Waals surface area contributed by atoms with Crippen LogP contribution in [-0.4, -0.2) is 43.2 Å². The van der Waals surface area contributed by atoms with E-state index in [1.807, 2.05) is 25.7 Å². The Morgan fingerprint density at radius 2 is 2.24 bits per heavy atom. The number of nitrogens with zero attached hydrogens (tertiary/aromatic N) is 1. The van der Waals surface area contributed by atoms with Gasteiger partial charge in [-0.2, -0.15) is 0 Å². The molecule has 1 fully saturated rings. The summed E-state index contributed by atoms with van der Waals surface area (Å²) in [6, 6.07) is -0.360. The molecule has 0 aromatic carbocycles. The molecule has 0 bridgehead atoms. The van der Waals surface area contributed by atoms with Gasteiger partial charge in [-0.15, -0.1) is 0 Å². The second kappa shape index (κ2) is 6.97. The molecule has 0 aromatic heterocycles. The molecule has 1 heterocycles. The van der Waals surface area contributed by atoms with Crippen LogP contribution in [0.1, 0.15) is 33.6 Å². The summed E-state index contributed by atoms with van der Waals surface area (Å²) in [5.74, 6) is 0.781. The molecule has 0 radical (unpaired) electrons. The van der Waals surface area contributed by atoms with Gasteiger partial charge in [0.2, 0.25) is 5.91 Å². The summed E-state index contributed by atoms with van der Waals surface area (Å²) >= 11 is 0. The summed E-state index contributed by atoms with van der Waals surface area (Å²) in [6.45, 7) is 9.14. The van der Waals surface area contributed by atoms with Gasteiger partial charge in [-0.1, -0.05) is 13.8 Å². The first-order valence-corrected chi connectivity index (χ1v) is 6.68. The molecule has 1 aliphatic heterocycles. The van der Waals surface area contributed by atoms with E-state index >= 15 is 0 Å². The predicted molar refractivity (Wildman–Crippen MR) is 68.6 cm³/mol. The number of hydrogen-bond donors (Lipinski definition) is 1. The topological polar surface area (TPSA) is 55.6 Å². The van der Waals surface area contributed by atoms with Crippen molar-refractivity contribution in [2.75, 3.05) is 26.3 Å². The summed E-state index contributed by atoms with van der Waals surface area (Å²) in [4.78, 5) is 14.0. The minimum Gasteiger partial charge on any atom is -0.381 e. The number of rotatable bonds is 5. The molecular weight excluding hydrogens is 216 g/mol. The van der Waals surface area contributed by atoms with Gasteiger partial charge in [-0.25, -0.2) is 0 Å². The van der Waals surface area contributed by atoms with Crippen LogP contribution in [0, 0.1) is 11.8 Å². The fourth-order valence-electron chi connectivity index (χ4n) is 2.18. The lowest BCUT2D eigenvalue weighted by Gasteiger charge is -2.34. The Morgan fingerprint density at radius 3 is 2.82 bits per heavy atom. The lowest BCUT2D eigenvalue weighted by Crippen LogP contribution is -2.50. The zero-order valence-electron chi connectivity index (χ0n) is 11.3. The number of amides is 1. The normalized spacial score (nSPS) is 22.9. The molecule has 1 saturated heterocycles. The van der Waals surface area contributed by atoms with E-state index in [0.29, 0.717) is 5.92 Å². The smallest absolute Gasteiger partial charge is 0.239 e. The van der Waals surface area contributed by atoms with Crippen molar-refractivity contribution in [2.45, 2.75) is 39.7 Å². The van der Waals surface area contributed by atoms with Gasteiger partial charge in [0.25, 0.3) is 0 Å². The molecule has 1 unspecified atom stereocenters. The van der Waals surface area contributed by atoms with Crippen molar-refractivity contribution in [1.29, 1.82) is 0 Å². The quantitative estimate of drug-likeness (QED) is 0.789. The molecule has 1 aliphatic rings. The Bertz CT molecular complexity index is 244. The van der Waals surface area contributed by atoms with Gasteiger partial charge in [0, 0.05) is 19.7 Å². The van der Waals surface area contributed by atoms with Gasteiger partial charge >= 0.3 is 0 Å². The van der Waals surface area contributed by atoms with Crippen molar-refractivity contribution in [1.82, 2.24) is 4.90 Å². The lowest BCUT2D eigenvalue weighted by atomic mass is 9.96. The number of ether oxygens (including phenoxy) is 1. The summed E-state index contributed by atoms with van der Waals surface area (Å²) in [7, 11) is 0. The number of carbonyl (C=O) groups excluding carboxylic acids is 1. The van der Waals surface area contributed by atoms with Crippen LogP contribution >= 0.6 is 0 Å². The monoisotopic (exact) mass is 242 g/mol. The first-order chi connectivity index (χ1) is 8.06. The first kappa shape index (κ1) is 14.5. The van der Waals surface area contributed by atoms with Crippen LogP contribution < -0.4 is 5.73 Å². The minimum atomic E-state index is -0.360. The maximum Gasteiger partial charge on any atom is 0.239 e. The first-order valence-electron chi connectivity index (χ1n) is 6.68. The molecule has 1 amide bonds. The molecule has 0 aliphatic carbocycles. The van der Waals surface area contributed by atoms with E-state index in [4.69, 9.17) is 10.5 Å². The van der Waals surface area contributed by atoms with E-state index in [-0.39, 0.29) is 17.9 Å². The number of carbonyl (C=O) groups is 1. The Morgan fingerprint density at radius 1 is 1.53 bits per heavy atom. The molecule has 2 atom stereocenters. The Kier molecular flexibility index (Phi) is 5.92. The van der Waals surface area contributed by atoms with Crippen molar-refractivity contribution < 1.29 is 9.53 Å². The fourth-order valence-corrected chi connectivity index (χ4v) is 2.18. The van der Waals surface area contributed by atoms with Gasteiger partial charge in [0.05, 0.1) is 12.6 Å². The van der Waals surface area contributed by atoms with E-state index < -0.39 is 0 Å². The molecule has 17 heavy (non-hydrogen) atoms. The van der Waals surface area contributed by atoms with Gasteiger partial charge < -0.3 is 15.4 Å². The van der Waals surface area contributed by atoms with Crippen LogP contribution in [0.4, 0.5) is 0 Å². The number of nitrogens with two attached hydrogens (primary N) is 1. The van der Waals surface area contributed by atoms with Crippen molar-refractivity contribution in [3.8, 4) is 0 Å². The molecule has 4 nitrogen and oxygen atoms in total. The van der Waals surface area contributed by atoms with E-state index in [1.165, 1.54) is 0 Å². The van der Waals surface area contributed by atoms with E-state index in [9.17, 15) is 4.79 Å². The lowest BCUT2D eigenvalue weighted by molar-refractivity contribution is -0.135. The maximum absolute atomic E-state index is 12.1. The van der Waals surface area contributed by atoms with Crippen LogP contribution in [0.2, 0.25) is 0 Å². The molecule has 2 N–H and O–H groups in total. The second-order valence-corrected chi connectivity index (χ2v) is 5.22. The molecule has 100 valence electrons. The Hall–Kier alpha value is -0.610. The van der Waals surface area contributed by atoms with Gasteiger partial charge in [0.15, 0.2) is 0 Å². The highest BCUT2D eigenvalue weighted by molar-refractivity contribution is 5.82. The van der Waals surface area contributed by atoms with Crippen LogP contribution in [0.25, 0.3) is 0 Å². The van der Waals surface area contributed by atoms with Crippen LogP contribution in [-0.2, 0) is 9.53 Å². The highest BCUT2D eigenvalue weighted by atomic mass is 16.5. The molecule has 0 spiro atoms. The van der Waals surface area contributed by atoms with Crippen LogP contribution in [0.3, 0.4) is 0 Å². The molecular formula is C13H26N2O2. The van der Waals surface area contributed by atoms with Crippen molar-refractivity contribution in [3.05, 3.63) is 0 Å². The Balaban J connectivity index is 2.45. The minimum absolute atomic E-state index is 0.0983. The summed E-state index contributed by atoms with van der Waals surface area (Å²) in [5.41, 5.74) is 5.91. The molecule has 0 aromatic rings. The summed E-state index contributed by atoms with van der Waals surface area (Å²) in [5, 5.41) is 0. The Labute approximate surface area is 104 Å². The van der Waals surface area contributed by atoms with Crippen molar-refractivity contribution >= 4 is 5.91 Å². The highest BCUT2D eigenvalue weighted by Gasteiger charge is 2.28. The molecule has 1 rings (SSSR count). The maximum atomic E-state index is 12.1. The zero-order chi connectivity index (χ0) is 12.8. The van der Waals surface area contributed by atoms with Crippen molar-refractivity contribution in [2.24, 2.45) is 17.6 Å². The van der Waals surface area contributed by atoms with Crippen molar-refractivity contribution in [3.63, 3.8) is 0 Å². The highest BCUT2D eigenvalue weighted by Crippen LogP contribution is 2.18. The number of likely N-dealkylation sites (tertiary alicyclic amines) is 1. The zero-order valence-corrected chi connectivity index (χ0v) is 11.3. The molecule has 0 saturated carbocycles. The predicted octanol–water partition coefficient (Wildman–Crippen LogP) is 1.24. The van der Waals surface area contributed by atoms with E-state index in [1.54, 1.807) is 0 Å². The third kappa shape index (κ3) is 4.28. The van der Waals surface area contributed by atoms with Gasteiger partial charge in [-0.3, -0.25) is 4.79 Å². The van der Waals surface area contributed by atoms with E-state index in [0.717, 1.165) is 39.1 Å². The van der Waals surface area contributed by atoms with Crippen LogP contribution in [0.5, 0.6) is 0 Å². The standard InChI is InChI=1S/C13H26N2O2/c1-4-17-9-11-6-5-7-15(8-11)13(16)12(14)10(2)3/h10-12H,4-9,14H2,1-3H3/t11?,12-/m0/s1. The van der Waals surface area contributed by atoms with E-state index in [2.05, 4.69) is 0 Å². The molecule has 4 heteroatoms.